The van der Waals surface area contributed by atoms with Gasteiger partial charge in [-0.15, -0.1) is 11.3 Å². The number of hydrogen-bond acceptors (Lipinski definition) is 5. The Labute approximate surface area is 194 Å². The van der Waals surface area contributed by atoms with Gasteiger partial charge in [0.05, 0.1) is 0 Å². The van der Waals surface area contributed by atoms with Crippen molar-refractivity contribution in [3.63, 3.8) is 0 Å². The molecular weight excluding hydrogens is 422 g/mol. The Bertz CT molecular complexity index is 887. The summed E-state index contributed by atoms with van der Waals surface area (Å²) >= 11 is 1.42. The van der Waals surface area contributed by atoms with Crippen LogP contribution in [0.1, 0.15) is 48.2 Å². The van der Waals surface area contributed by atoms with E-state index in [1.807, 2.05) is 41.3 Å². The topological polar surface area (TPSA) is 61.9 Å². The van der Waals surface area contributed by atoms with Crippen molar-refractivity contribution < 1.29 is 14.3 Å². The Hall–Kier alpha value is -2.38. The fraction of sp³-hybridized carbons (Fsp3) is 0.520. The third-order valence-corrected chi connectivity index (χ3v) is 7.35. The third-order valence-electron chi connectivity index (χ3n) is 6.18. The van der Waals surface area contributed by atoms with E-state index in [1.54, 1.807) is 0 Å². The second kappa shape index (κ2) is 11.5. The van der Waals surface area contributed by atoms with Gasteiger partial charge in [-0.2, -0.15) is 0 Å². The third kappa shape index (κ3) is 6.11. The maximum absolute atomic E-state index is 13.0. The van der Waals surface area contributed by atoms with Crippen molar-refractivity contribution in [3.05, 3.63) is 41.3 Å². The Morgan fingerprint density at radius 2 is 1.62 bits per heavy atom. The standard InChI is InChI=1S/C25H33N3O3S/c29-23(28-15-8-3-9-16-28)19-31-21-18-22(20-10-4-1-5-11-20)32-24(21)25(30)26-12-17-27-13-6-2-7-14-27/h1,4-5,10-11,18H,2-3,6-9,12-17,19H2,(H,26,30). The Morgan fingerprint density at radius 3 is 2.34 bits per heavy atom. The molecule has 0 bridgehead atoms. The summed E-state index contributed by atoms with van der Waals surface area (Å²) in [5, 5.41) is 3.06. The van der Waals surface area contributed by atoms with E-state index in [-0.39, 0.29) is 18.4 Å². The van der Waals surface area contributed by atoms with Crippen molar-refractivity contribution in [3.8, 4) is 16.2 Å². The number of thiophene rings is 1. The van der Waals surface area contributed by atoms with Crippen LogP contribution in [0.25, 0.3) is 10.4 Å². The molecule has 3 heterocycles. The summed E-state index contributed by atoms with van der Waals surface area (Å²) in [7, 11) is 0. The number of carbonyl (C=O) groups excluding carboxylic acids is 2. The average molecular weight is 456 g/mol. The van der Waals surface area contributed by atoms with Crippen LogP contribution in [0.3, 0.4) is 0 Å². The van der Waals surface area contributed by atoms with Crippen LogP contribution in [-0.4, -0.2) is 67.5 Å². The van der Waals surface area contributed by atoms with Crippen molar-refractivity contribution in [2.45, 2.75) is 38.5 Å². The first-order valence-electron chi connectivity index (χ1n) is 11.8. The molecule has 0 unspecified atom stereocenters. The highest BCUT2D eigenvalue weighted by Crippen LogP contribution is 2.36. The Balaban J connectivity index is 1.41. The molecule has 6 nitrogen and oxygen atoms in total. The normalized spacial score (nSPS) is 17.2. The van der Waals surface area contributed by atoms with Crippen LogP contribution in [0.2, 0.25) is 0 Å². The molecule has 2 saturated heterocycles. The Kier molecular flexibility index (Phi) is 8.18. The van der Waals surface area contributed by atoms with E-state index in [0.717, 1.165) is 56.0 Å². The number of likely N-dealkylation sites (tertiary alicyclic amines) is 2. The maximum atomic E-state index is 13.0. The van der Waals surface area contributed by atoms with E-state index >= 15 is 0 Å². The van der Waals surface area contributed by atoms with Gasteiger partial charge in [-0.1, -0.05) is 36.8 Å². The van der Waals surface area contributed by atoms with Crippen LogP contribution in [0.5, 0.6) is 5.75 Å². The van der Waals surface area contributed by atoms with E-state index in [0.29, 0.717) is 17.2 Å². The first-order chi connectivity index (χ1) is 15.7. The van der Waals surface area contributed by atoms with E-state index in [1.165, 1.54) is 37.0 Å². The zero-order chi connectivity index (χ0) is 22.2. The molecular formula is C25H33N3O3S. The predicted molar refractivity (Wildman–Crippen MR) is 128 cm³/mol. The molecule has 2 amide bonds. The summed E-state index contributed by atoms with van der Waals surface area (Å²) in [5.74, 6) is 0.359. The summed E-state index contributed by atoms with van der Waals surface area (Å²) < 4.78 is 5.92. The lowest BCUT2D eigenvalue weighted by atomic mass is 10.1. The van der Waals surface area contributed by atoms with Gasteiger partial charge in [0.1, 0.15) is 10.6 Å². The number of nitrogens with zero attached hydrogens (tertiary/aromatic N) is 2. The van der Waals surface area contributed by atoms with E-state index in [9.17, 15) is 9.59 Å². The lowest BCUT2D eigenvalue weighted by molar-refractivity contribution is -0.134. The van der Waals surface area contributed by atoms with Crippen LogP contribution in [0.4, 0.5) is 0 Å². The molecule has 2 fully saturated rings. The number of hydrogen-bond donors (Lipinski definition) is 1. The van der Waals surface area contributed by atoms with Crippen molar-refractivity contribution in [1.29, 1.82) is 0 Å². The average Bonchev–Trinajstić information content (AvgIpc) is 3.29. The number of rotatable bonds is 8. The van der Waals surface area contributed by atoms with E-state index in [2.05, 4.69) is 10.2 Å². The molecule has 1 N–H and O–H groups in total. The molecule has 1 aromatic heterocycles. The number of benzene rings is 1. The van der Waals surface area contributed by atoms with Gasteiger partial charge in [0, 0.05) is 31.1 Å². The fourth-order valence-electron chi connectivity index (χ4n) is 4.35. The van der Waals surface area contributed by atoms with Gasteiger partial charge in [0.25, 0.3) is 11.8 Å². The molecule has 2 aromatic rings. The number of amides is 2. The molecule has 2 aliphatic rings. The molecule has 0 saturated carbocycles. The SMILES string of the molecule is O=C(NCCN1CCCCC1)c1sc(-c2ccccc2)cc1OCC(=O)N1CCCCC1. The van der Waals surface area contributed by atoms with Crippen LogP contribution in [0.15, 0.2) is 36.4 Å². The zero-order valence-corrected chi connectivity index (χ0v) is 19.5. The molecule has 172 valence electrons. The highest BCUT2D eigenvalue weighted by atomic mass is 32.1. The quantitative estimate of drug-likeness (QED) is 0.653. The minimum Gasteiger partial charge on any atom is -0.482 e. The van der Waals surface area contributed by atoms with Crippen molar-refractivity contribution in [2.24, 2.45) is 0 Å². The van der Waals surface area contributed by atoms with Crippen molar-refractivity contribution in [2.75, 3.05) is 45.9 Å². The lowest BCUT2D eigenvalue weighted by Gasteiger charge is -2.26. The molecule has 7 heteroatoms. The van der Waals surface area contributed by atoms with Gasteiger partial charge >= 0.3 is 0 Å². The van der Waals surface area contributed by atoms with Crippen LogP contribution in [0, 0.1) is 0 Å². The summed E-state index contributed by atoms with van der Waals surface area (Å²) in [6, 6.07) is 11.9. The number of piperidine rings is 2. The van der Waals surface area contributed by atoms with Gasteiger partial charge in [0.2, 0.25) is 0 Å². The van der Waals surface area contributed by atoms with Gasteiger partial charge in [-0.3, -0.25) is 9.59 Å². The van der Waals surface area contributed by atoms with Crippen molar-refractivity contribution in [1.82, 2.24) is 15.1 Å². The minimum absolute atomic E-state index is 0.00591. The van der Waals surface area contributed by atoms with Gasteiger partial charge in [0.15, 0.2) is 6.61 Å². The summed E-state index contributed by atoms with van der Waals surface area (Å²) in [5.41, 5.74) is 1.04. The second-order valence-electron chi connectivity index (χ2n) is 8.56. The molecule has 0 radical (unpaired) electrons. The smallest absolute Gasteiger partial charge is 0.265 e. The largest absolute Gasteiger partial charge is 0.482 e. The number of carbonyl (C=O) groups is 2. The predicted octanol–water partition coefficient (Wildman–Crippen LogP) is 4.02. The van der Waals surface area contributed by atoms with Crippen LogP contribution < -0.4 is 10.1 Å². The summed E-state index contributed by atoms with van der Waals surface area (Å²) in [6.07, 6.45) is 7.05. The van der Waals surface area contributed by atoms with E-state index < -0.39 is 0 Å². The zero-order valence-electron chi connectivity index (χ0n) is 18.7. The second-order valence-corrected chi connectivity index (χ2v) is 9.61. The highest BCUT2D eigenvalue weighted by Gasteiger charge is 2.22. The summed E-state index contributed by atoms with van der Waals surface area (Å²) in [4.78, 5) is 31.4. The van der Waals surface area contributed by atoms with Gasteiger partial charge in [-0.05, 0) is 56.8 Å². The monoisotopic (exact) mass is 455 g/mol. The van der Waals surface area contributed by atoms with Gasteiger partial charge in [-0.25, -0.2) is 0 Å². The molecule has 0 atom stereocenters. The van der Waals surface area contributed by atoms with Crippen LogP contribution in [-0.2, 0) is 4.79 Å². The molecule has 2 aliphatic heterocycles. The lowest BCUT2D eigenvalue weighted by Crippen LogP contribution is -2.39. The Morgan fingerprint density at radius 1 is 0.938 bits per heavy atom. The minimum atomic E-state index is -0.130. The molecule has 32 heavy (non-hydrogen) atoms. The number of nitrogens with one attached hydrogen (secondary N) is 1. The number of ether oxygens (including phenoxy) is 1. The summed E-state index contributed by atoms with van der Waals surface area (Å²) in [6.45, 7) is 5.27. The fourth-order valence-corrected chi connectivity index (χ4v) is 5.37. The first-order valence-corrected chi connectivity index (χ1v) is 12.6. The van der Waals surface area contributed by atoms with Crippen molar-refractivity contribution >= 4 is 23.2 Å². The van der Waals surface area contributed by atoms with E-state index in [4.69, 9.17) is 4.74 Å². The van der Waals surface area contributed by atoms with Crippen LogP contribution >= 0.6 is 11.3 Å². The molecule has 0 spiro atoms. The molecule has 1 aromatic carbocycles. The highest BCUT2D eigenvalue weighted by molar-refractivity contribution is 7.17. The van der Waals surface area contributed by atoms with Gasteiger partial charge < -0.3 is 19.9 Å². The molecule has 0 aliphatic carbocycles. The molecule has 4 rings (SSSR count). The first kappa shape index (κ1) is 22.8. The maximum Gasteiger partial charge on any atom is 0.265 e.